The van der Waals surface area contributed by atoms with Gasteiger partial charge < -0.3 is 15.2 Å². The molecule has 0 saturated carbocycles. The first-order valence-corrected chi connectivity index (χ1v) is 10.4. The van der Waals surface area contributed by atoms with E-state index in [1.165, 1.54) is 10.4 Å². The number of carbonyl (C=O) groups excluding carboxylic acids is 1. The first kappa shape index (κ1) is 20.2. The van der Waals surface area contributed by atoms with E-state index in [0.717, 1.165) is 5.56 Å². The smallest absolute Gasteiger partial charge is 0.264 e. The van der Waals surface area contributed by atoms with Crippen molar-refractivity contribution in [2.45, 2.75) is 18.2 Å². The Labute approximate surface area is 165 Å². The first-order chi connectivity index (χ1) is 13.3. The average Bonchev–Trinajstić information content (AvgIpc) is 2.68. The monoisotopic (exact) mass is 404 g/mol. The van der Waals surface area contributed by atoms with Crippen molar-refractivity contribution in [3.63, 3.8) is 0 Å². The van der Waals surface area contributed by atoms with Crippen molar-refractivity contribution in [2.75, 3.05) is 31.2 Å². The highest BCUT2D eigenvalue weighted by molar-refractivity contribution is 7.92. The summed E-state index contributed by atoms with van der Waals surface area (Å²) in [5, 5.41) is 0. The van der Waals surface area contributed by atoms with Gasteiger partial charge in [0.1, 0.15) is 12.4 Å². The van der Waals surface area contributed by atoms with Crippen LogP contribution in [-0.2, 0) is 26.0 Å². The molecule has 0 unspecified atom stereocenters. The number of nitrogens with zero attached hydrogens (tertiary/aromatic N) is 1. The number of benzene rings is 2. The Bertz CT molecular complexity index is 974. The zero-order chi connectivity index (χ0) is 20.3. The predicted molar refractivity (Wildman–Crippen MR) is 106 cm³/mol. The summed E-state index contributed by atoms with van der Waals surface area (Å²) in [7, 11) is -2.28. The number of fused-ring (bicyclic) bond motifs is 1. The van der Waals surface area contributed by atoms with Crippen LogP contribution in [0, 0.1) is 12.8 Å². The summed E-state index contributed by atoms with van der Waals surface area (Å²) >= 11 is 0. The number of primary amides is 1. The Kier molecular flexibility index (Phi) is 5.90. The lowest BCUT2D eigenvalue weighted by Gasteiger charge is -2.34. The van der Waals surface area contributed by atoms with Crippen LogP contribution in [0.15, 0.2) is 47.4 Å². The van der Waals surface area contributed by atoms with E-state index in [0.29, 0.717) is 36.6 Å². The number of amides is 1. The number of ether oxygens (including phenoxy) is 2. The third kappa shape index (κ3) is 3.98. The maximum Gasteiger partial charge on any atom is 0.264 e. The Hall–Kier alpha value is -2.58. The Balaban J connectivity index is 1.96. The van der Waals surface area contributed by atoms with Gasteiger partial charge in [-0.25, -0.2) is 8.42 Å². The Morgan fingerprint density at radius 2 is 1.96 bits per heavy atom. The highest BCUT2D eigenvalue weighted by Crippen LogP contribution is 2.34. The molecular formula is C20H24N2O5S. The number of carbonyl (C=O) groups is 1. The predicted octanol–water partition coefficient (Wildman–Crippen LogP) is 1.87. The number of aryl methyl sites for hydroxylation is 1. The van der Waals surface area contributed by atoms with E-state index in [1.54, 1.807) is 38.3 Å². The van der Waals surface area contributed by atoms with E-state index in [-0.39, 0.29) is 11.4 Å². The van der Waals surface area contributed by atoms with Gasteiger partial charge in [-0.05, 0) is 48.7 Å². The number of sulfonamides is 1. The SMILES string of the molecule is COCCOc1ccc(S(=O)(=O)N2C[C@H](C(N)=O)Cc3ccccc32)cc1C. The van der Waals surface area contributed by atoms with Crippen LogP contribution in [0.3, 0.4) is 0 Å². The third-order valence-electron chi connectivity index (χ3n) is 4.79. The van der Waals surface area contributed by atoms with Gasteiger partial charge in [0, 0.05) is 13.7 Å². The molecule has 1 amide bonds. The molecule has 8 heteroatoms. The summed E-state index contributed by atoms with van der Waals surface area (Å²) in [6.07, 6.45) is 0.433. The van der Waals surface area contributed by atoms with Gasteiger partial charge in [-0.2, -0.15) is 0 Å². The van der Waals surface area contributed by atoms with E-state index in [2.05, 4.69) is 0 Å². The van der Waals surface area contributed by atoms with Gasteiger partial charge in [0.15, 0.2) is 0 Å². The van der Waals surface area contributed by atoms with Gasteiger partial charge in [0.2, 0.25) is 5.91 Å². The maximum atomic E-state index is 13.4. The zero-order valence-corrected chi connectivity index (χ0v) is 16.7. The number of nitrogens with two attached hydrogens (primary N) is 1. The molecule has 1 atom stereocenters. The molecule has 1 aliphatic rings. The molecule has 0 radical (unpaired) electrons. The molecule has 0 fully saturated rings. The van der Waals surface area contributed by atoms with Crippen molar-refractivity contribution in [3.05, 3.63) is 53.6 Å². The number of anilines is 1. The van der Waals surface area contributed by atoms with Crippen LogP contribution in [-0.4, -0.2) is 41.2 Å². The lowest BCUT2D eigenvalue weighted by atomic mass is 9.93. The molecule has 2 aromatic rings. The van der Waals surface area contributed by atoms with Crippen molar-refractivity contribution in [1.29, 1.82) is 0 Å². The molecule has 150 valence electrons. The molecule has 1 heterocycles. The standard InChI is InChI=1S/C20H24N2O5S/c1-14-11-17(7-8-19(14)27-10-9-26-2)28(24,25)22-13-16(20(21)23)12-15-5-3-4-6-18(15)22/h3-8,11,16H,9-10,12-13H2,1-2H3,(H2,21,23)/t16-/m1/s1. The quantitative estimate of drug-likeness (QED) is 0.711. The molecule has 7 nitrogen and oxygen atoms in total. The summed E-state index contributed by atoms with van der Waals surface area (Å²) in [6, 6.07) is 11.9. The van der Waals surface area contributed by atoms with Crippen LogP contribution in [0.2, 0.25) is 0 Å². The van der Waals surface area contributed by atoms with Gasteiger partial charge in [0.25, 0.3) is 10.0 Å². The molecular weight excluding hydrogens is 380 g/mol. The largest absolute Gasteiger partial charge is 0.491 e. The summed E-state index contributed by atoms with van der Waals surface area (Å²) in [6.45, 7) is 2.64. The zero-order valence-electron chi connectivity index (χ0n) is 15.9. The lowest BCUT2D eigenvalue weighted by Crippen LogP contribution is -2.44. The lowest BCUT2D eigenvalue weighted by molar-refractivity contribution is -0.121. The molecule has 2 N–H and O–H groups in total. The Morgan fingerprint density at radius 3 is 2.64 bits per heavy atom. The molecule has 0 aliphatic carbocycles. The van der Waals surface area contributed by atoms with E-state index in [4.69, 9.17) is 15.2 Å². The Morgan fingerprint density at radius 1 is 1.21 bits per heavy atom. The second-order valence-corrected chi connectivity index (χ2v) is 8.60. The van der Waals surface area contributed by atoms with Gasteiger partial charge in [-0.15, -0.1) is 0 Å². The normalized spacial score (nSPS) is 16.5. The molecule has 1 aliphatic heterocycles. The minimum absolute atomic E-state index is 0.0276. The fourth-order valence-corrected chi connectivity index (χ4v) is 4.91. The fourth-order valence-electron chi connectivity index (χ4n) is 3.28. The highest BCUT2D eigenvalue weighted by Gasteiger charge is 2.35. The molecule has 0 bridgehead atoms. The number of rotatable bonds is 7. The third-order valence-corrected chi connectivity index (χ3v) is 6.57. The topological polar surface area (TPSA) is 98.9 Å². The molecule has 28 heavy (non-hydrogen) atoms. The van der Waals surface area contributed by atoms with E-state index in [9.17, 15) is 13.2 Å². The summed E-state index contributed by atoms with van der Waals surface area (Å²) in [5.74, 6) is -0.472. The first-order valence-electron chi connectivity index (χ1n) is 8.97. The molecule has 0 saturated heterocycles. The van der Waals surface area contributed by atoms with Crippen LogP contribution < -0.4 is 14.8 Å². The fraction of sp³-hybridized carbons (Fsp3) is 0.350. The maximum absolute atomic E-state index is 13.4. The summed E-state index contributed by atoms with van der Waals surface area (Å²) in [5.41, 5.74) is 7.56. The van der Waals surface area contributed by atoms with Gasteiger partial charge in [-0.3, -0.25) is 9.10 Å². The second-order valence-electron chi connectivity index (χ2n) is 6.74. The van der Waals surface area contributed by atoms with Crippen molar-refractivity contribution in [3.8, 4) is 5.75 Å². The van der Waals surface area contributed by atoms with E-state index >= 15 is 0 Å². The van der Waals surface area contributed by atoms with Crippen LogP contribution in [0.25, 0.3) is 0 Å². The number of para-hydroxylation sites is 1. The van der Waals surface area contributed by atoms with Gasteiger partial charge in [-0.1, -0.05) is 18.2 Å². The summed E-state index contributed by atoms with van der Waals surface area (Å²) < 4.78 is 38.5. The molecule has 3 rings (SSSR count). The van der Waals surface area contributed by atoms with Crippen LogP contribution in [0.5, 0.6) is 5.75 Å². The van der Waals surface area contributed by atoms with Crippen LogP contribution >= 0.6 is 0 Å². The molecule has 2 aromatic carbocycles. The number of hydrogen-bond donors (Lipinski definition) is 1. The second kappa shape index (κ2) is 8.20. The van der Waals surface area contributed by atoms with Crippen LogP contribution in [0.1, 0.15) is 11.1 Å². The van der Waals surface area contributed by atoms with E-state index in [1.807, 2.05) is 12.1 Å². The minimum Gasteiger partial charge on any atom is -0.491 e. The summed E-state index contributed by atoms with van der Waals surface area (Å²) in [4.78, 5) is 11.9. The molecule has 0 aromatic heterocycles. The average molecular weight is 404 g/mol. The van der Waals surface area contributed by atoms with Gasteiger partial charge >= 0.3 is 0 Å². The minimum atomic E-state index is -3.86. The van der Waals surface area contributed by atoms with Crippen molar-refractivity contribution in [2.24, 2.45) is 11.7 Å². The van der Waals surface area contributed by atoms with Crippen LogP contribution in [0.4, 0.5) is 5.69 Å². The van der Waals surface area contributed by atoms with Crippen molar-refractivity contribution >= 4 is 21.6 Å². The highest BCUT2D eigenvalue weighted by atomic mass is 32.2. The van der Waals surface area contributed by atoms with E-state index < -0.39 is 21.8 Å². The van der Waals surface area contributed by atoms with Gasteiger partial charge in [0.05, 0.1) is 23.1 Å². The number of hydrogen-bond acceptors (Lipinski definition) is 5. The molecule has 0 spiro atoms. The van der Waals surface area contributed by atoms with Crippen molar-refractivity contribution < 1.29 is 22.7 Å². The number of methoxy groups -OCH3 is 1. The van der Waals surface area contributed by atoms with Crippen molar-refractivity contribution in [1.82, 2.24) is 0 Å².